The number of hydrogen-bond acceptors (Lipinski definition) is 6. The Bertz CT molecular complexity index is 971. The lowest BCUT2D eigenvalue weighted by Gasteiger charge is -2.16. The van der Waals surface area contributed by atoms with Crippen LogP contribution in [0.3, 0.4) is 0 Å². The van der Waals surface area contributed by atoms with Gasteiger partial charge in [-0.25, -0.2) is 23.4 Å². The number of ether oxygens (including phenoxy) is 2. The second-order valence-corrected chi connectivity index (χ2v) is 7.42. The van der Waals surface area contributed by atoms with Crippen molar-refractivity contribution >= 4 is 34.9 Å². The van der Waals surface area contributed by atoms with Crippen molar-refractivity contribution in [2.24, 2.45) is 0 Å². The minimum Gasteiger partial charge on any atom is -0.460 e. The Labute approximate surface area is 174 Å². The van der Waals surface area contributed by atoms with Gasteiger partial charge in [-0.15, -0.1) is 0 Å². The number of nitrogens with one attached hydrogen (secondary N) is 1. The highest BCUT2D eigenvalue weighted by atomic mass is 35.5. The molecule has 1 aromatic carbocycles. The number of nitrogens with two attached hydrogens (primary N) is 1. The van der Waals surface area contributed by atoms with Crippen LogP contribution in [-0.4, -0.2) is 42.4 Å². The van der Waals surface area contributed by atoms with Crippen molar-refractivity contribution in [3.8, 4) is 5.19 Å². The van der Waals surface area contributed by atoms with Crippen molar-refractivity contribution in [1.29, 1.82) is 0 Å². The Hall–Kier alpha value is -2.51. The smallest absolute Gasteiger partial charge is 0.422 e. The first kappa shape index (κ1) is 22.2. The number of cyclic esters (lactones) is 1. The standard InChI is InChI=1S/C16H11ClF5N3O4S/c17-10-7(18)2-1-6(11(10)19)12(25-13(26)8-3-23-14(27)29-8)9-4-24-15(30-9)28-5-16(20,21)22/h1-2,4,8,12H,3,5H2,(H,23,27)(H,25,26)/p+1/t8-,12?/m0/s1. The SMILES string of the molecule is O=C1NC[C@@H](C(=O)[NH2+]C(c2cnc(OCC(F)(F)F)s2)c2ccc(F)c(Cl)c2F)O1. The van der Waals surface area contributed by atoms with E-state index in [-0.39, 0.29) is 22.2 Å². The molecule has 1 aliphatic rings. The second-order valence-electron chi connectivity index (χ2n) is 6.02. The van der Waals surface area contributed by atoms with E-state index < -0.39 is 53.6 Å². The lowest BCUT2D eigenvalue weighted by atomic mass is 10.0. The van der Waals surface area contributed by atoms with Gasteiger partial charge in [-0.1, -0.05) is 22.9 Å². The number of alkyl halides is 3. The van der Waals surface area contributed by atoms with Gasteiger partial charge in [-0.05, 0) is 12.1 Å². The number of amides is 2. The highest BCUT2D eigenvalue weighted by Crippen LogP contribution is 2.33. The maximum Gasteiger partial charge on any atom is 0.422 e. The van der Waals surface area contributed by atoms with E-state index in [4.69, 9.17) is 16.3 Å². The van der Waals surface area contributed by atoms with E-state index in [1.54, 1.807) is 0 Å². The van der Waals surface area contributed by atoms with E-state index in [0.717, 1.165) is 23.6 Å². The first-order valence-electron chi connectivity index (χ1n) is 8.17. The summed E-state index contributed by atoms with van der Waals surface area (Å²) in [6, 6.07) is 0.723. The summed E-state index contributed by atoms with van der Waals surface area (Å²) in [5.74, 6) is -2.89. The minimum absolute atomic E-state index is 0.115. The molecular weight excluding hydrogens is 461 g/mol. The number of nitrogens with zero attached hydrogens (tertiary/aromatic N) is 1. The molecule has 2 aromatic rings. The van der Waals surface area contributed by atoms with Crippen molar-refractivity contribution in [3.05, 3.63) is 45.4 Å². The highest BCUT2D eigenvalue weighted by Gasteiger charge is 2.37. The Balaban J connectivity index is 1.90. The minimum atomic E-state index is -4.59. The van der Waals surface area contributed by atoms with Crippen molar-refractivity contribution < 1.29 is 46.3 Å². The number of thiazole rings is 1. The summed E-state index contributed by atoms with van der Waals surface area (Å²) >= 11 is 6.25. The largest absolute Gasteiger partial charge is 0.460 e. The van der Waals surface area contributed by atoms with Gasteiger partial charge in [-0.2, -0.15) is 13.2 Å². The molecule has 7 nitrogen and oxygen atoms in total. The molecule has 3 rings (SSSR count). The summed E-state index contributed by atoms with van der Waals surface area (Å²) in [5, 5.41) is 2.10. The Kier molecular flexibility index (Phi) is 6.43. The van der Waals surface area contributed by atoms with Gasteiger partial charge in [0.1, 0.15) is 10.8 Å². The summed E-state index contributed by atoms with van der Waals surface area (Å²) in [5.41, 5.74) is -0.224. The predicted molar refractivity (Wildman–Crippen MR) is 92.1 cm³/mol. The van der Waals surface area contributed by atoms with Crippen molar-refractivity contribution in [3.63, 3.8) is 0 Å². The van der Waals surface area contributed by atoms with Gasteiger partial charge < -0.3 is 14.8 Å². The van der Waals surface area contributed by atoms with Gasteiger partial charge in [-0.3, -0.25) is 5.32 Å². The molecule has 2 atom stereocenters. The number of quaternary nitrogens is 1. The number of halogens is 6. The van der Waals surface area contributed by atoms with Crippen LogP contribution >= 0.6 is 22.9 Å². The molecule has 1 unspecified atom stereocenters. The van der Waals surface area contributed by atoms with E-state index in [0.29, 0.717) is 11.3 Å². The Morgan fingerprint density at radius 3 is 2.80 bits per heavy atom. The third-order valence-electron chi connectivity index (χ3n) is 3.90. The molecule has 0 spiro atoms. The molecule has 2 amide bonds. The molecule has 0 aliphatic carbocycles. The van der Waals surface area contributed by atoms with Gasteiger partial charge in [0.15, 0.2) is 18.5 Å². The fourth-order valence-corrected chi connectivity index (χ4v) is 3.57. The normalized spacial score (nSPS) is 17.4. The van der Waals surface area contributed by atoms with Gasteiger partial charge in [0.2, 0.25) is 6.10 Å². The zero-order valence-corrected chi connectivity index (χ0v) is 16.2. The van der Waals surface area contributed by atoms with Crippen LogP contribution in [0.25, 0.3) is 0 Å². The molecule has 2 heterocycles. The zero-order chi connectivity index (χ0) is 22.1. The molecule has 0 bridgehead atoms. The summed E-state index contributed by atoms with van der Waals surface area (Å²) in [6.45, 7) is -1.70. The Morgan fingerprint density at radius 2 is 2.17 bits per heavy atom. The lowest BCUT2D eigenvalue weighted by Crippen LogP contribution is -2.91. The van der Waals surface area contributed by atoms with E-state index in [2.05, 4.69) is 15.0 Å². The molecular formula is C16H12ClF5N3O4S+. The third kappa shape index (κ3) is 5.15. The fraction of sp³-hybridized carbons (Fsp3) is 0.312. The number of aromatic nitrogens is 1. The number of carbonyl (C=O) groups excluding carboxylic acids is 2. The van der Waals surface area contributed by atoms with Crippen LogP contribution in [0.4, 0.5) is 26.7 Å². The van der Waals surface area contributed by atoms with Crippen LogP contribution in [-0.2, 0) is 9.53 Å². The molecule has 1 aromatic heterocycles. The van der Waals surface area contributed by atoms with Crippen molar-refractivity contribution in [1.82, 2.24) is 10.3 Å². The van der Waals surface area contributed by atoms with Gasteiger partial charge in [0, 0.05) is 0 Å². The average Bonchev–Trinajstić information content (AvgIpc) is 3.31. The molecule has 3 N–H and O–H groups in total. The first-order valence-corrected chi connectivity index (χ1v) is 9.36. The summed E-state index contributed by atoms with van der Waals surface area (Å²) in [4.78, 5) is 27.4. The average molecular weight is 473 g/mol. The van der Waals surface area contributed by atoms with Crippen LogP contribution in [0.15, 0.2) is 18.3 Å². The van der Waals surface area contributed by atoms with Crippen molar-refractivity contribution in [2.75, 3.05) is 13.2 Å². The number of carbonyl (C=O) groups is 2. The number of rotatable bonds is 6. The van der Waals surface area contributed by atoms with Crippen LogP contribution in [0.2, 0.25) is 5.02 Å². The lowest BCUT2D eigenvalue weighted by molar-refractivity contribution is -0.605. The molecule has 1 fully saturated rings. The monoisotopic (exact) mass is 472 g/mol. The molecule has 0 radical (unpaired) electrons. The summed E-state index contributed by atoms with van der Waals surface area (Å²) in [7, 11) is 0. The zero-order valence-electron chi connectivity index (χ0n) is 14.6. The Morgan fingerprint density at radius 1 is 1.43 bits per heavy atom. The molecule has 30 heavy (non-hydrogen) atoms. The van der Waals surface area contributed by atoms with E-state index in [1.165, 1.54) is 0 Å². The van der Waals surface area contributed by atoms with Gasteiger partial charge >= 0.3 is 18.2 Å². The van der Waals surface area contributed by atoms with Crippen LogP contribution in [0.5, 0.6) is 5.19 Å². The van der Waals surface area contributed by atoms with Crippen molar-refractivity contribution in [2.45, 2.75) is 18.3 Å². The number of alkyl carbamates (subject to hydrolysis) is 1. The number of hydrogen-bond donors (Lipinski definition) is 2. The van der Waals surface area contributed by atoms with E-state index in [9.17, 15) is 31.5 Å². The van der Waals surface area contributed by atoms with Crippen LogP contribution in [0, 0.1) is 11.6 Å². The third-order valence-corrected chi connectivity index (χ3v) is 5.24. The van der Waals surface area contributed by atoms with E-state index in [1.807, 2.05) is 0 Å². The van der Waals surface area contributed by atoms with Crippen LogP contribution in [0.1, 0.15) is 16.5 Å². The molecule has 0 saturated carbocycles. The second kappa shape index (κ2) is 8.70. The predicted octanol–water partition coefficient (Wildman–Crippen LogP) is 2.30. The topological polar surface area (TPSA) is 94.1 Å². The molecule has 1 aliphatic heterocycles. The maximum atomic E-state index is 14.6. The highest BCUT2D eigenvalue weighted by molar-refractivity contribution is 7.13. The van der Waals surface area contributed by atoms with E-state index >= 15 is 0 Å². The summed E-state index contributed by atoms with van der Waals surface area (Å²) in [6.07, 6.45) is -5.48. The number of primary amides is 1. The number of benzene rings is 1. The van der Waals surface area contributed by atoms with Crippen LogP contribution < -0.4 is 15.4 Å². The summed E-state index contributed by atoms with van der Waals surface area (Å²) < 4.78 is 74.5. The molecule has 162 valence electrons. The molecule has 14 heteroatoms. The molecule has 1 saturated heterocycles. The first-order chi connectivity index (χ1) is 14.0. The quantitative estimate of drug-likeness (QED) is 0.497. The maximum absolute atomic E-state index is 14.6. The fourth-order valence-electron chi connectivity index (χ4n) is 2.55. The van der Waals surface area contributed by atoms with Gasteiger partial charge in [0.25, 0.3) is 5.19 Å². The van der Waals surface area contributed by atoms with Gasteiger partial charge in [0.05, 0.1) is 23.2 Å².